The van der Waals surface area contributed by atoms with Crippen molar-refractivity contribution in [2.24, 2.45) is 29.6 Å². The zero-order valence-corrected chi connectivity index (χ0v) is 18.1. The summed E-state index contributed by atoms with van der Waals surface area (Å²) < 4.78 is 28.2. The predicted molar refractivity (Wildman–Crippen MR) is 114 cm³/mol. The molecule has 1 fully saturated rings. The molecule has 0 aliphatic heterocycles. The fraction of sp³-hybridized carbons (Fsp3) is 0.750. The SMILES string of the molecule is CCC1CC1[C@@H](CC)CCCC1CC=C(C2C=C(F)C(SC)=C(F)C2)CC1. The van der Waals surface area contributed by atoms with E-state index in [9.17, 15) is 8.78 Å². The van der Waals surface area contributed by atoms with Crippen molar-refractivity contribution in [1.29, 1.82) is 0 Å². The molecule has 1 saturated carbocycles. The largest absolute Gasteiger partial charge is 0.210 e. The summed E-state index contributed by atoms with van der Waals surface area (Å²) in [5.41, 5.74) is 1.26. The van der Waals surface area contributed by atoms with E-state index >= 15 is 0 Å². The first kappa shape index (κ1) is 21.1. The van der Waals surface area contributed by atoms with Gasteiger partial charge in [-0.05, 0) is 61.7 Å². The van der Waals surface area contributed by atoms with Crippen LogP contribution in [-0.4, -0.2) is 6.26 Å². The maximum absolute atomic E-state index is 14.1. The lowest BCUT2D eigenvalue weighted by atomic mass is 9.79. The highest BCUT2D eigenvalue weighted by Crippen LogP contribution is 2.49. The van der Waals surface area contributed by atoms with E-state index in [1.165, 1.54) is 62.3 Å². The molecular weight excluding hydrogens is 358 g/mol. The number of hydrogen-bond donors (Lipinski definition) is 0. The van der Waals surface area contributed by atoms with Crippen molar-refractivity contribution in [2.45, 2.75) is 78.1 Å². The molecule has 5 atom stereocenters. The van der Waals surface area contributed by atoms with E-state index in [2.05, 4.69) is 19.9 Å². The van der Waals surface area contributed by atoms with Gasteiger partial charge in [-0.25, -0.2) is 8.78 Å². The van der Waals surface area contributed by atoms with Crippen molar-refractivity contribution < 1.29 is 8.78 Å². The van der Waals surface area contributed by atoms with Gasteiger partial charge in [-0.1, -0.05) is 57.6 Å². The average molecular weight is 395 g/mol. The van der Waals surface area contributed by atoms with Crippen LogP contribution in [0.2, 0.25) is 0 Å². The molecule has 0 aromatic heterocycles. The highest BCUT2D eigenvalue weighted by atomic mass is 32.2. The molecule has 0 aromatic carbocycles. The summed E-state index contributed by atoms with van der Waals surface area (Å²) in [6, 6.07) is 0. The monoisotopic (exact) mass is 394 g/mol. The molecule has 0 saturated heterocycles. The van der Waals surface area contributed by atoms with E-state index in [1.807, 2.05) is 0 Å². The third kappa shape index (κ3) is 5.28. The number of thioether (sulfide) groups is 1. The summed E-state index contributed by atoms with van der Waals surface area (Å²) in [6.45, 7) is 4.69. The van der Waals surface area contributed by atoms with Crippen molar-refractivity contribution in [3.63, 3.8) is 0 Å². The Bertz CT molecular complexity index is 604. The molecule has 3 aliphatic rings. The first-order chi connectivity index (χ1) is 13.1. The van der Waals surface area contributed by atoms with Gasteiger partial charge in [0.15, 0.2) is 0 Å². The number of hydrogen-bond acceptors (Lipinski definition) is 1. The van der Waals surface area contributed by atoms with Gasteiger partial charge >= 0.3 is 0 Å². The first-order valence-corrected chi connectivity index (χ1v) is 12.3. The van der Waals surface area contributed by atoms with Crippen LogP contribution in [0.1, 0.15) is 78.1 Å². The number of halogens is 2. The van der Waals surface area contributed by atoms with Gasteiger partial charge in [0.1, 0.15) is 11.7 Å². The molecule has 0 spiro atoms. The van der Waals surface area contributed by atoms with Crippen LogP contribution in [-0.2, 0) is 0 Å². The lowest BCUT2D eigenvalue weighted by Gasteiger charge is -2.28. The predicted octanol–water partition coefficient (Wildman–Crippen LogP) is 8.37. The molecule has 152 valence electrons. The van der Waals surface area contributed by atoms with E-state index < -0.39 is 0 Å². The van der Waals surface area contributed by atoms with E-state index in [0.717, 1.165) is 36.5 Å². The van der Waals surface area contributed by atoms with Gasteiger partial charge in [0.05, 0.1) is 4.91 Å². The second-order valence-corrected chi connectivity index (χ2v) is 9.67. The normalized spacial score (nSPS) is 32.2. The summed E-state index contributed by atoms with van der Waals surface area (Å²) >= 11 is 1.17. The highest BCUT2D eigenvalue weighted by Gasteiger charge is 2.40. The lowest BCUT2D eigenvalue weighted by Crippen LogP contribution is -2.14. The fourth-order valence-corrected chi connectivity index (χ4v) is 5.96. The Balaban J connectivity index is 1.43. The maximum Gasteiger partial charge on any atom is 0.136 e. The maximum atomic E-state index is 14.1. The molecule has 0 N–H and O–H groups in total. The topological polar surface area (TPSA) is 0 Å². The molecule has 3 aliphatic carbocycles. The Morgan fingerprint density at radius 1 is 1.26 bits per heavy atom. The molecule has 0 radical (unpaired) electrons. The summed E-state index contributed by atoms with van der Waals surface area (Å²) in [7, 11) is 0. The molecule has 0 heterocycles. The minimum absolute atomic E-state index is 0.0628. The summed E-state index contributed by atoms with van der Waals surface area (Å²) in [4.78, 5) is 0.201. The minimum Gasteiger partial charge on any atom is -0.210 e. The molecule has 0 aromatic rings. The highest BCUT2D eigenvalue weighted by molar-refractivity contribution is 8.02. The van der Waals surface area contributed by atoms with Crippen LogP contribution in [0.15, 0.2) is 34.3 Å². The Morgan fingerprint density at radius 3 is 2.63 bits per heavy atom. The Morgan fingerprint density at radius 2 is 2.07 bits per heavy atom. The van der Waals surface area contributed by atoms with Crippen molar-refractivity contribution in [3.8, 4) is 0 Å². The van der Waals surface area contributed by atoms with Crippen molar-refractivity contribution in [1.82, 2.24) is 0 Å². The van der Waals surface area contributed by atoms with Crippen LogP contribution in [0.5, 0.6) is 0 Å². The Kier molecular flexibility index (Phi) is 7.65. The summed E-state index contributed by atoms with van der Waals surface area (Å²) in [6.07, 6.45) is 17.6. The van der Waals surface area contributed by atoms with Crippen LogP contribution in [0.4, 0.5) is 8.78 Å². The van der Waals surface area contributed by atoms with Gasteiger partial charge in [-0.3, -0.25) is 0 Å². The molecule has 0 bridgehead atoms. The third-order valence-corrected chi connectivity index (χ3v) is 8.09. The zero-order valence-electron chi connectivity index (χ0n) is 17.3. The van der Waals surface area contributed by atoms with E-state index in [4.69, 9.17) is 0 Å². The van der Waals surface area contributed by atoms with Gasteiger partial charge in [0.25, 0.3) is 0 Å². The second-order valence-electron chi connectivity index (χ2n) is 8.85. The van der Waals surface area contributed by atoms with Crippen LogP contribution in [0, 0.1) is 29.6 Å². The molecule has 3 heteroatoms. The quantitative estimate of drug-likeness (QED) is 0.354. The standard InChI is InChI=1S/C24H36F2S/c1-4-17(21-13-18(21)5-2)8-6-7-16-9-11-19(12-10-16)20-14-22(25)24(27-3)23(26)15-20/h11,14,16-18,20-21H,4-10,12-13,15H2,1-3H3/t16?,17-,18?,20?,21?/m0/s1. The molecule has 0 amide bonds. The van der Waals surface area contributed by atoms with Crippen LogP contribution in [0.3, 0.4) is 0 Å². The number of allylic oxidation sites excluding steroid dienone is 5. The van der Waals surface area contributed by atoms with Crippen molar-refractivity contribution >= 4 is 11.8 Å². The van der Waals surface area contributed by atoms with Gasteiger partial charge in [-0.2, -0.15) is 0 Å². The summed E-state index contributed by atoms with van der Waals surface area (Å²) in [5, 5.41) is 0. The van der Waals surface area contributed by atoms with Gasteiger partial charge in [0.2, 0.25) is 0 Å². The smallest absolute Gasteiger partial charge is 0.136 e. The Hall–Kier alpha value is -0.570. The van der Waals surface area contributed by atoms with Gasteiger partial charge in [0, 0.05) is 12.3 Å². The molecular formula is C24H36F2S. The van der Waals surface area contributed by atoms with E-state index in [0.29, 0.717) is 6.42 Å². The van der Waals surface area contributed by atoms with Gasteiger partial charge < -0.3 is 0 Å². The fourth-order valence-electron chi connectivity index (χ4n) is 5.39. The van der Waals surface area contributed by atoms with Crippen molar-refractivity contribution in [3.05, 3.63) is 34.3 Å². The molecule has 3 rings (SSSR count). The second kappa shape index (κ2) is 9.76. The third-order valence-electron chi connectivity index (χ3n) is 7.26. The van der Waals surface area contributed by atoms with E-state index in [1.54, 1.807) is 12.3 Å². The minimum atomic E-state index is -0.365. The lowest BCUT2D eigenvalue weighted by molar-refractivity contribution is 0.341. The van der Waals surface area contributed by atoms with Crippen LogP contribution in [0.25, 0.3) is 0 Å². The first-order valence-electron chi connectivity index (χ1n) is 11.1. The van der Waals surface area contributed by atoms with Gasteiger partial charge in [-0.15, -0.1) is 11.8 Å². The average Bonchev–Trinajstić information content (AvgIpc) is 3.45. The van der Waals surface area contributed by atoms with E-state index in [-0.39, 0.29) is 22.5 Å². The van der Waals surface area contributed by atoms with Crippen LogP contribution >= 0.6 is 11.8 Å². The summed E-state index contributed by atoms with van der Waals surface area (Å²) in [5.74, 6) is 3.04. The zero-order chi connectivity index (χ0) is 19.4. The molecule has 4 unspecified atom stereocenters. The van der Waals surface area contributed by atoms with Crippen LogP contribution < -0.4 is 0 Å². The Labute approximate surface area is 169 Å². The number of rotatable bonds is 9. The van der Waals surface area contributed by atoms with Crippen molar-refractivity contribution in [2.75, 3.05) is 6.26 Å². The molecule has 27 heavy (non-hydrogen) atoms. The molecule has 0 nitrogen and oxygen atoms in total.